The lowest BCUT2D eigenvalue weighted by Gasteiger charge is -1.98. The number of carbonyl (C=O) groups is 2. The molecule has 0 atom stereocenters. The number of hydroxylamine groups is 1. The summed E-state index contributed by atoms with van der Waals surface area (Å²) in [6.45, 7) is -0.579. The van der Waals surface area contributed by atoms with Crippen LogP contribution in [0.5, 0.6) is 0 Å². The molecule has 1 amide bonds. The summed E-state index contributed by atoms with van der Waals surface area (Å²) < 4.78 is 0.627. The molecule has 86 valence electrons. The number of nitrogens with one attached hydrogen (secondary N) is 1. The van der Waals surface area contributed by atoms with E-state index in [0.29, 0.717) is 4.34 Å². The highest BCUT2D eigenvalue weighted by Gasteiger charge is 1.99. The van der Waals surface area contributed by atoms with E-state index >= 15 is 0 Å². The molecular formula is C9H8ClNO4S. The number of carbonyl (C=O) groups excluding carboxylic acids is 1. The number of aliphatic carboxylic acids is 1. The highest BCUT2D eigenvalue weighted by atomic mass is 35.5. The van der Waals surface area contributed by atoms with Gasteiger partial charge in [-0.2, -0.15) is 0 Å². The number of carboxylic acids is 1. The highest BCUT2D eigenvalue weighted by molar-refractivity contribution is 7.17. The van der Waals surface area contributed by atoms with E-state index in [4.69, 9.17) is 16.7 Å². The molecule has 0 bridgehead atoms. The fourth-order valence-electron chi connectivity index (χ4n) is 0.779. The van der Waals surface area contributed by atoms with Crippen LogP contribution in [-0.4, -0.2) is 23.6 Å². The van der Waals surface area contributed by atoms with Crippen LogP contribution < -0.4 is 5.48 Å². The molecule has 16 heavy (non-hydrogen) atoms. The Hall–Kier alpha value is -1.37. The Morgan fingerprint density at radius 3 is 2.88 bits per heavy atom. The van der Waals surface area contributed by atoms with E-state index in [1.54, 1.807) is 18.2 Å². The van der Waals surface area contributed by atoms with Gasteiger partial charge in [-0.15, -0.1) is 11.3 Å². The molecule has 2 N–H and O–H groups in total. The van der Waals surface area contributed by atoms with Gasteiger partial charge in [-0.3, -0.25) is 9.63 Å². The lowest BCUT2D eigenvalue weighted by atomic mass is 10.4. The van der Waals surface area contributed by atoms with Crippen molar-refractivity contribution >= 4 is 40.9 Å². The van der Waals surface area contributed by atoms with Crippen molar-refractivity contribution in [3.05, 3.63) is 27.4 Å². The van der Waals surface area contributed by atoms with Crippen molar-refractivity contribution in [2.45, 2.75) is 0 Å². The zero-order valence-corrected chi connectivity index (χ0v) is 9.55. The standard InChI is InChI=1S/C9H8ClNO4S/c10-7-3-1-6(16-7)2-4-8(12)11-15-5-9(13)14/h1-4H,5H2,(H,11,12)(H,13,14). The van der Waals surface area contributed by atoms with Gasteiger partial charge in [0.1, 0.15) is 0 Å². The molecule has 0 spiro atoms. The number of hydrogen-bond acceptors (Lipinski definition) is 4. The van der Waals surface area contributed by atoms with Crippen LogP contribution >= 0.6 is 22.9 Å². The Labute approximate surface area is 100 Å². The first-order valence-corrected chi connectivity index (χ1v) is 5.34. The van der Waals surface area contributed by atoms with Crippen molar-refractivity contribution in [2.24, 2.45) is 0 Å². The quantitative estimate of drug-likeness (QED) is 0.623. The van der Waals surface area contributed by atoms with Crippen LogP contribution in [0.1, 0.15) is 4.88 Å². The summed E-state index contributed by atoms with van der Waals surface area (Å²) in [6.07, 6.45) is 2.78. The number of halogens is 1. The van der Waals surface area contributed by atoms with Gasteiger partial charge in [0.15, 0.2) is 6.61 Å². The Morgan fingerprint density at radius 2 is 2.31 bits per heavy atom. The number of amides is 1. The number of carboxylic acid groups (broad SMARTS) is 1. The van der Waals surface area contributed by atoms with E-state index in [2.05, 4.69) is 4.84 Å². The van der Waals surface area contributed by atoms with Crippen molar-refractivity contribution in [3.63, 3.8) is 0 Å². The molecule has 7 heteroatoms. The Morgan fingerprint density at radius 1 is 1.56 bits per heavy atom. The van der Waals surface area contributed by atoms with Crippen LogP contribution in [0, 0.1) is 0 Å². The van der Waals surface area contributed by atoms with Crippen LogP contribution in [0.25, 0.3) is 6.08 Å². The third kappa shape index (κ3) is 4.92. The van der Waals surface area contributed by atoms with Crippen LogP contribution in [-0.2, 0) is 14.4 Å². The van der Waals surface area contributed by atoms with E-state index in [1.165, 1.54) is 17.4 Å². The maximum atomic E-state index is 11.1. The van der Waals surface area contributed by atoms with Gasteiger partial charge in [0.25, 0.3) is 5.91 Å². The van der Waals surface area contributed by atoms with Gasteiger partial charge in [0.2, 0.25) is 0 Å². The molecule has 0 aliphatic heterocycles. The second kappa shape index (κ2) is 6.26. The molecule has 0 unspecified atom stereocenters. The minimum absolute atomic E-state index is 0.536. The van der Waals surface area contributed by atoms with Crippen molar-refractivity contribution in [2.75, 3.05) is 6.61 Å². The lowest BCUT2D eigenvalue weighted by Crippen LogP contribution is -2.24. The Bertz CT molecular complexity index is 415. The fourth-order valence-corrected chi connectivity index (χ4v) is 1.74. The summed E-state index contributed by atoms with van der Waals surface area (Å²) in [5.41, 5.74) is 1.96. The van der Waals surface area contributed by atoms with E-state index in [1.807, 2.05) is 5.48 Å². The molecule has 1 heterocycles. The normalized spacial score (nSPS) is 10.6. The SMILES string of the molecule is O=C(O)CONC(=O)C=Cc1ccc(Cl)s1. The molecule has 1 rings (SSSR count). The van der Waals surface area contributed by atoms with E-state index in [0.717, 1.165) is 4.88 Å². The third-order valence-corrected chi connectivity index (χ3v) is 2.56. The van der Waals surface area contributed by atoms with Crippen molar-refractivity contribution < 1.29 is 19.5 Å². The first-order chi connectivity index (χ1) is 7.58. The molecule has 0 aromatic carbocycles. The molecule has 1 aromatic rings. The molecule has 0 aliphatic rings. The van der Waals surface area contributed by atoms with Gasteiger partial charge in [0.05, 0.1) is 4.34 Å². The van der Waals surface area contributed by atoms with E-state index in [-0.39, 0.29) is 0 Å². The number of hydrogen-bond donors (Lipinski definition) is 2. The van der Waals surface area contributed by atoms with Crippen LogP contribution in [0.2, 0.25) is 4.34 Å². The minimum Gasteiger partial charge on any atom is -0.479 e. The largest absolute Gasteiger partial charge is 0.479 e. The van der Waals surface area contributed by atoms with Gasteiger partial charge >= 0.3 is 5.97 Å². The third-order valence-electron chi connectivity index (χ3n) is 1.36. The molecule has 1 aromatic heterocycles. The summed E-state index contributed by atoms with van der Waals surface area (Å²) in [4.78, 5) is 26.3. The summed E-state index contributed by atoms with van der Waals surface area (Å²) in [5.74, 6) is -1.69. The number of rotatable bonds is 5. The first kappa shape index (κ1) is 12.7. The van der Waals surface area contributed by atoms with Gasteiger partial charge in [-0.25, -0.2) is 10.3 Å². The second-order valence-corrected chi connectivity index (χ2v) is 4.37. The summed E-state index contributed by atoms with van der Waals surface area (Å²) in [5, 5.41) is 8.23. The van der Waals surface area contributed by atoms with Gasteiger partial charge < -0.3 is 5.11 Å². The summed E-state index contributed by atoms with van der Waals surface area (Å²) in [7, 11) is 0. The van der Waals surface area contributed by atoms with E-state index in [9.17, 15) is 9.59 Å². The zero-order chi connectivity index (χ0) is 12.0. The average molecular weight is 262 g/mol. The maximum Gasteiger partial charge on any atom is 0.332 e. The fraction of sp³-hybridized carbons (Fsp3) is 0.111. The molecule has 5 nitrogen and oxygen atoms in total. The molecule has 0 fully saturated rings. The van der Waals surface area contributed by atoms with Gasteiger partial charge in [-0.1, -0.05) is 11.6 Å². The van der Waals surface area contributed by atoms with Crippen molar-refractivity contribution in [3.8, 4) is 0 Å². The predicted octanol–water partition coefficient (Wildman–Crippen LogP) is 1.55. The van der Waals surface area contributed by atoms with Gasteiger partial charge in [-0.05, 0) is 18.2 Å². The smallest absolute Gasteiger partial charge is 0.332 e. The topological polar surface area (TPSA) is 75.6 Å². The molecule has 0 saturated heterocycles. The zero-order valence-electron chi connectivity index (χ0n) is 7.97. The molecule has 0 aliphatic carbocycles. The van der Waals surface area contributed by atoms with Gasteiger partial charge in [0, 0.05) is 11.0 Å². The summed E-state index contributed by atoms with van der Waals surface area (Å²) in [6, 6.07) is 3.47. The summed E-state index contributed by atoms with van der Waals surface area (Å²) >= 11 is 7.01. The van der Waals surface area contributed by atoms with Crippen LogP contribution in [0.15, 0.2) is 18.2 Å². The van der Waals surface area contributed by atoms with Crippen molar-refractivity contribution in [1.29, 1.82) is 0 Å². The number of thiophene rings is 1. The monoisotopic (exact) mass is 261 g/mol. The lowest BCUT2D eigenvalue weighted by molar-refractivity contribution is -0.147. The predicted molar refractivity (Wildman–Crippen MR) is 60.1 cm³/mol. The average Bonchev–Trinajstić information content (AvgIpc) is 2.61. The Kier molecular flexibility index (Phi) is 4.97. The van der Waals surface area contributed by atoms with Crippen LogP contribution in [0.3, 0.4) is 0 Å². The Balaban J connectivity index is 2.34. The highest BCUT2D eigenvalue weighted by Crippen LogP contribution is 2.22. The van der Waals surface area contributed by atoms with Crippen molar-refractivity contribution in [1.82, 2.24) is 5.48 Å². The van der Waals surface area contributed by atoms with Crippen LogP contribution in [0.4, 0.5) is 0 Å². The van der Waals surface area contributed by atoms with E-state index < -0.39 is 18.5 Å². The molecule has 0 saturated carbocycles. The maximum absolute atomic E-state index is 11.1. The molecule has 0 radical (unpaired) electrons. The molecular weight excluding hydrogens is 254 g/mol. The first-order valence-electron chi connectivity index (χ1n) is 4.15. The minimum atomic E-state index is -1.16. The second-order valence-electron chi connectivity index (χ2n) is 2.62.